The third-order valence-electron chi connectivity index (χ3n) is 9.50. The first-order valence-electron chi connectivity index (χ1n) is 9.82. The average Bonchev–Trinajstić information content (AvgIpc) is 2.84. The Morgan fingerprint density at radius 2 is 1.88 bits per heavy atom. The van der Waals surface area contributed by atoms with Gasteiger partial charge in [-0.05, 0) is 64.2 Å². The molecule has 1 spiro atoms. The number of hydrogen-bond acceptors (Lipinski definition) is 5. The first-order valence-corrected chi connectivity index (χ1v) is 9.82. The van der Waals surface area contributed by atoms with Crippen molar-refractivity contribution in [2.75, 3.05) is 6.61 Å². The van der Waals surface area contributed by atoms with Crippen molar-refractivity contribution in [2.45, 2.75) is 76.4 Å². The van der Waals surface area contributed by atoms with E-state index in [9.17, 15) is 19.8 Å². The second-order valence-corrected chi connectivity index (χ2v) is 9.91. The van der Waals surface area contributed by atoms with Gasteiger partial charge in [0.25, 0.3) is 0 Å². The van der Waals surface area contributed by atoms with Crippen molar-refractivity contribution in [1.82, 2.24) is 0 Å². The minimum atomic E-state index is -1.61. The van der Waals surface area contributed by atoms with Crippen LogP contribution in [0, 0.1) is 28.1 Å². The third kappa shape index (κ3) is 1.38. The molecule has 0 aromatic heterocycles. The van der Waals surface area contributed by atoms with Gasteiger partial charge < -0.3 is 14.9 Å². The molecule has 2 N–H and O–H groups in total. The minimum Gasteiger partial charge on any atom is -0.458 e. The summed E-state index contributed by atoms with van der Waals surface area (Å²) in [5, 5.41) is 20.7. The maximum absolute atomic E-state index is 13.5. The van der Waals surface area contributed by atoms with Crippen molar-refractivity contribution in [1.29, 1.82) is 0 Å². The molecule has 5 rings (SSSR count). The lowest BCUT2D eigenvalue weighted by Gasteiger charge is -2.63. The molecule has 5 fully saturated rings. The van der Waals surface area contributed by atoms with Crippen LogP contribution in [0.4, 0.5) is 0 Å². The van der Waals surface area contributed by atoms with Gasteiger partial charge in [0.2, 0.25) is 0 Å². The molecule has 1 heterocycles. The first-order chi connectivity index (χ1) is 11.7. The molecule has 4 aliphatic carbocycles. The van der Waals surface area contributed by atoms with Crippen LogP contribution in [-0.2, 0) is 14.3 Å². The number of hydrogen-bond donors (Lipinski definition) is 2. The molecule has 1 aliphatic heterocycles. The van der Waals surface area contributed by atoms with E-state index in [0.717, 1.165) is 32.1 Å². The van der Waals surface area contributed by atoms with E-state index in [1.165, 1.54) is 0 Å². The molecule has 1 saturated heterocycles. The van der Waals surface area contributed by atoms with Gasteiger partial charge in [0.1, 0.15) is 11.2 Å². The van der Waals surface area contributed by atoms with Crippen LogP contribution in [0.5, 0.6) is 0 Å². The van der Waals surface area contributed by atoms with E-state index in [-0.39, 0.29) is 23.6 Å². The summed E-state index contributed by atoms with van der Waals surface area (Å²) < 4.78 is 6.21. The third-order valence-corrected chi connectivity index (χ3v) is 9.50. The number of fused-ring (bicyclic) bond motifs is 1. The highest BCUT2D eigenvalue weighted by Crippen LogP contribution is 2.77. The molecule has 4 saturated carbocycles. The van der Waals surface area contributed by atoms with Gasteiger partial charge in [-0.1, -0.05) is 6.92 Å². The highest BCUT2D eigenvalue weighted by atomic mass is 16.6. The maximum Gasteiger partial charge on any atom is 0.312 e. The SMILES string of the molecule is CC12CCCC3(OC1=O)C2CCC12CC(CCC13C)C(O)(CO)C2=O. The van der Waals surface area contributed by atoms with E-state index in [1.807, 2.05) is 0 Å². The average molecular weight is 348 g/mol. The van der Waals surface area contributed by atoms with Gasteiger partial charge in [0, 0.05) is 16.7 Å². The number of aliphatic hydroxyl groups excluding tert-OH is 1. The fourth-order valence-corrected chi connectivity index (χ4v) is 8.06. The Hall–Kier alpha value is -0.940. The number of rotatable bonds is 1. The molecule has 5 aliphatic rings. The molecule has 0 amide bonds. The van der Waals surface area contributed by atoms with Gasteiger partial charge in [-0.25, -0.2) is 0 Å². The van der Waals surface area contributed by atoms with Crippen LogP contribution in [0.1, 0.15) is 65.2 Å². The summed E-state index contributed by atoms with van der Waals surface area (Å²) in [6, 6.07) is 0. The van der Waals surface area contributed by atoms with Crippen molar-refractivity contribution < 1.29 is 24.5 Å². The molecule has 0 aromatic carbocycles. The maximum atomic E-state index is 13.5. The van der Waals surface area contributed by atoms with Gasteiger partial charge in [-0.3, -0.25) is 9.59 Å². The Balaban J connectivity index is 1.70. The zero-order valence-corrected chi connectivity index (χ0v) is 15.1. The van der Waals surface area contributed by atoms with Gasteiger partial charge in [-0.15, -0.1) is 0 Å². The molecule has 138 valence electrons. The number of aliphatic hydroxyl groups is 2. The number of carbonyl (C=O) groups excluding carboxylic acids is 2. The highest BCUT2D eigenvalue weighted by molar-refractivity contribution is 5.97. The van der Waals surface area contributed by atoms with Crippen LogP contribution < -0.4 is 0 Å². The van der Waals surface area contributed by atoms with Gasteiger partial charge in [0.05, 0.1) is 12.0 Å². The van der Waals surface area contributed by atoms with Crippen molar-refractivity contribution in [3.05, 3.63) is 0 Å². The Morgan fingerprint density at radius 3 is 2.60 bits per heavy atom. The Morgan fingerprint density at radius 1 is 1.12 bits per heavy atom. The Kier molecular flexibility index (Phi) is 2.80. The van der Waals surface area contributed by atoms with E-state index in [2.05, 4.69) is 13.8 Å². The van der Waals surface area contributed by atoms with Gasteiger partial charge >= 0.3 is 5.97 Å². The van der Waals surface area contributed by atoms with E-state index < -0.39 is 34.1 Å². The standard InChI is InChI=1S/C20H28O5/c1-16-6-3-7-20(25-15(16)23)13(16)5-9-18-10-12(4-8-17(18,20)2)19(24,11-21)14(18)22/h12-13,21,24H,3-11H2,1-2H3. The fraction of sp³-hybridized carbons (Fsp3) is 0.900. The monoisotopic (exact) mass is 348 g/mol. The normalized spacial score (nSPS) is 59.4. The summed E-state index contributed by atoms with van der Waals surface area (Å²) in [6.45, 7) is 3.69. The second kappa shape index (κ2) is 4.30. The van der Waals surface area contributed by atoms with Crippen LogP contribution in [0.2, 0.25) is 0 Å². The molecule has 25 heavy (non-hydrogen) atoms. The lowest BCUT2D eigenvalue weighted by atomic mass is 9.39. The lowest BCUT2D eigenvalue weighted by Crippen LogP contribution is -2.67. The highest BCUT2D eigenvalue weighted by Gasteiger charge is 2.81. The predicted molar refractivity (Wildman–Crippen MR) is 88.4 cm³/mol. The van der Waals surface area contributed by atoms with Crippen LogP contribution in [0.15, 0.2) is 0 Å². The van der Waals surface area contributed by atoms with E-state index in [4.69, 9.17) is 4.74 Å². The van der Waals surface area contributed by atoms with Crippen LogP contribution in [-0.4, -0.2) is 39.8 Å². The zero-order valence-electron chi connectivity index (χ0n) is 15.1. The summed E-state index contributed by atoms with van der Waals surface area (Å²) in [5.41, 5.74) is -3.70. The molecule has 7 unspecified atom stereocenters. The minimum absolute atomic E-state index is 0.0849. The summed E-state index contributed by atoms with van der Waals surface area (Å²) in [6.07, 6.45) is 6.28. The first kappa shape index (κ1) is 16.2. The number of carbonyl (C=O) groups is 2. The molecule has 0 radical (unpaired) electrons. The summed E-state index contributed by atoms with van der Waals surface area (Å²) in [5.74, 6) is -0.268. The van der Waals surface area contributed by atoms with Crippen LogP contribution in [0.25, 0.3) is 0 Å². The number of Topliss-reactive ketones (excluding diaryl/α,β-unsaturated/α-hetero) is 1. The molecule has 4 bridgehead atoms. The van der Waals surface area contributed by atoms with E-state index >= 15 is 0 Å². The molecule has 0 aromatic rings. The molecule has 5 heteroatoms. The Labute approximate surface area is 148 Å². The topological polar surface area (TPSA) is 83.8 Å². The van der Waals surface area contributed by atoms with Crippen molar-refractivity contribution in [3.63, 3.8) is 0 Å². The van der Waals surface area contributed by atoms with Crippen LogP contribution >= 0.6 is 0 Å². The van der Waals surface area contributed by atoms with Crippen LogP contribution in [0.3, 0.4) is 0 Å². The lowest BCUT2D eigenvalue weighted by molar-refractivity contribution is -0.221. The quantitative estimate of drug-likeness (QED) is 0.708. The number of esters is 1. The van der Waals surface area contributed by atoms with Crippen molar-refractivity contribution in [2.24, 2.45) is 28.1 Å². The predicted octanol–water partition coefficient (Wildman–Crippen LogP) is 1.98. The molecular weight excluding hydrogens is 320 g/mol. The molecular formula is C20H28O5. The number of ketones is 1. The van der Waals surface area contributed by atoms with Gasteiger partial charge in [-0.2, -0.15) is 0 Å². The summed E-state index contributed by atoms with van der Waals surface area (Å²) in [7, 11) is 0. The Bertz CT molecular complexity index is 690. The van der Waals surface area contributed by atoms with Gasteiger partial charge in [0.15, 0.2) is 5.78 Å². The smallest absolute Gasteiger partial charge is 0.312 e. The molecule has 5 nitrogen and oxygen atoms in total. The number of ether oxygens (including phenoxy) is 1. The fourth-order valence-electron chi connectivity index (χ4n) is 8.06. The largest absolute Gasteiger partial charge is 0.458 e. The van der Waals surface area contributed by atoms with Crippen molar-refractivity contribution in [3.8, 4) is 0 Å². The van der Waals surface area contributed by atoms with E-state index in [1.54, 1.807) is 0 Å². The van der Waals surface area contributed by atoms with E-state index in [0.29, 0.717) is 19.3 Å². The summed E-state index contributed by atoms with van der Waals surface area (Å²) >= 11 is 0. The molecule has 7 atom stereocenters. The summed E-state index contributed by atoms with van der Waals surface area (Å²) in [4.78, 5) is 26.3. The van der Waals surface area contributed by atoms with Crippen molar-refractivity contribution >= 4 is 11.8 Å². The second-order valence-electron chi connectivity index (χ2n) is 9.91. The zero-order chi connectivity index (χ0) is 17.9.